The lowest BCUT2D eigenvalue weighted by molar-refractivity contribution is -0.137. The number of amides is 1. The van der Waals surface area contributed by atoms with Crippen molar-refractivity contribution in [3.05, 3.63) is 24.0 Å². The molecule has 3 aromatic rings. The first-order valence-electron chi connectivity index (χ1n) is 13.3. The molecule has 0 radical (unpaired) electrons. The lowest BCUT2D eigenvalue weighted by Gasteiger charge is -2.24. The Bertz CT molecular complexity index is 1420. The van der Waals surface area contributed by atoms with Gasteiger partial charge in [-0.05, 0) is 33.6 Å². The van der Waals surface area contributed by atoms with Crippen molar-refractivity contribution in [3.8, 4) is 23.1 Å². The quantitative estimate of drug-likeness (QED) is 0.156. The van der Waals surface area contributed by atoms with Crippen LogP contribution in [0.1, 0.15) is 45.6 Å². The fourth-order valence-electron chi connectivity index (χ4n) is 3.89. The highest BCUT2D eigenvalue weighted by molar-refractivity contribution is 6.06. The number of aromatic hydroxyl groups is 1. The van der Waals surface area contributed by atoms with Gasteiger partial charge in [0.1, 0.15) is 23.4 Å². The van der Waals surface area contributed by atoms with Crippen molar-refractivity contribution >= 4 is 40.8 Å². The van der Waals surface area contributed by atoms with Gasteiger partial charge < -0.3 is 44.4 Å². The van der Waals surface area contributed by atoms with Gasteiger partial charge in [0.25, 0.3) is 0 Å². The van der Waals surface area contributed by atoms with Crippen LogP contribution >= 0.6 is 0 Å². The number of aliphatic imine (C=N–C) groups is 1. The van der Waals surface area contributed by atoms with Gasteiger partial charge in [-0.15, -0.1) is 0 Å². The van der Waals surface area contributed by atoms with E-state index in [2.05, 4.69) is 25.3 Å². The summed E-state index contributed by atoms with van der Waals surface area (Å²) in [6.07, 6.45) is 3.33. The fraction of sp³-hybridized carbons (Fsp3) is 0.464. The van der Waals surface area contributed by atoms with Gasteiger partial charge in [0.15, 0.2) is 17.4 Å². The van der Waals surface area contributed by atoms with Crippen molar-refractivity contribution in [2.75, 3.05) is 46.3 Å². The number of hydrogen-bond donors (Lipinski definition) is 4. The van der Waals surface area contributed by atoms with Gasteiger partial charge >= 0.3 is 12.1 Å². The van der Waals surface area contributed by atoms with Crippen molar-refractivity contribution in [2.24, 2.45) is 4.99 Å². The summed E-state index contributed by atoms with van der Waals surface area (Å²) >= 11 is 0. The molecule has 3 rings (SSSR count). The maximum absolute atomic E-state index is 12.2. The number of carboxylic acid groups (broad SMARTS) is 1. The van der Waals surface area contributed by atoms with Crippen LogP contribution in [0.4, 0.5) is 16.3 Å². The van der Waals surface area contributed by atoms with Crippen molar-refractivity contribution in [3.63, 3.8) is 0 Å². The predicted molar refractivity (Wildman–Crippen MR) is 157 cm³/mol. The van der Waals surface area contributed by atoms with Gasteiger partial charge in [-0.3, -0.25) is 9.79 Å². The standard InChI is InChI=1S/C28H38N6O8/c1-28(2,3)42-27(38)34(4)11-8-10-29-24-22-18(26(37)33-25(22)32-16-31-24)15-30-17-13-19(39-5)23(40-6)20(14-17)41-12-7-9-21(35)36/h13-16,37H,7-12H2,1-6H3,(H,35,36)(H2,29,31,32,33). The summed E-state index contributed by atoms with van der Waals surface area (Å²) in [4.78, 5) is 40.4. The third-order valence-corrected chi connectivity index (χ3v) is 5.84. The van der Waals surface area contributed by atoms with Crippen LogP contribution in [0, 0.1) is 0 Å². The summed E-state index contributed by atoms with van der Waals surface area (Å²) in [5, 5.41) is 23.3. The second-order valence-electron chi connectivity index (χ2n) is 10.3. The number of ether oxygens (including phenoxy) is 4. The number of nitrogens with one attached hydrogen (secondary N) is 2. The van der Waals surface area contributed by atoms with Crippen molar-refractivity contribution in [2.45, 2.75) is 45.6 Å². The van der Waals surface area contributed by atoms with Crippen LogP contribution in [0.15, 0.2) is 23.5 Å². The highest BCUT2D eigenvalue weighted by Crippen LogP contribution is 2.41. The Morgan fingerprint density at radius 2 is 1.88 bits per heavy atom. The Hall–Kier alpha value is -4.75. The molecule has 4 N–H and O–H groups in total. The van der Waals surface area contributed by atoms with Crippen LogP contribution in [0.25, 0.3) is 11.0 Å². The second-order valence-corrected chi connectivity index (χ2v) is 10.3. The Morgan fingerprint density at radius 3 is 2.55 bits per heavy atom. The topological polar surface area (TPSA) is 181 Å². The minimum Gasteiger partial charge on any atom is -0.494 e. The van der Waals surface area contributed by atoms with Crippen LogP contribution in [0.2, 0.25) is 0 Å². The Balaban J connectivity index is 1.78. The minimum atomic E-state index is -0.911. The molecule has 0 aliphatic rings. The zero-order chi connectivity index (χ0) is 30.9. The summed E-state index contributed by atoms with van der Waals surface area (Å²) in [5.74, 6) is 0.468. The van der Waals surface area contributed by atoms with E-state index >= 15 is 0 Å². The van der Waals surface area contributed by atoms with Gasteiger partial charge in [-0.2, -0.15) is 0 Å². The van der Waals surface area contributed by atoms with Gasteiger partial charge in [0, 0.05) is 44.9 Å². The molecule has 1 aromatic carbocycles. The summed E-state index contributed by atoms with van der Waals surface area (Å²) in [7, 11) is 4.63. The van der Waals surface area contributed by atoms with E-state index in [9.17, 15) is 14.7 Å². The summed E-state index contributed by atoms with van der Waals surface area (Å²) in [6, 6.07) is 3.27. The number of aromatic nitrogens is 3. The molecule has 2 aromatic heterocycles. The van der Waals surface area contributed by atoms with Gasteiger partial charge in [0.05, 0.1) is 37.5 Å². The third kappa shape index (κ3) is 8.62. The molecule has 0 saturated heterocycles. The lowest BCUT2D eigenvalue weighted by atomic mass is 10.2. The molecule has 0 aliphatic carbocycles. The molecule has 14 heteroatoms. The first-order chi connectivity index (χ1) is 19.9. The molecule has 2 heterocycles. The molecule has 0 unspecified atom stereocenters. The maximum atomic E-state index is 12.2. The van der Waals surface area contributed by atoms with E-state index in [-0.39, 0.29) is 18.9 Å². The molecule has 0 saturated carbocycles. The molecule has 0 spiro atoms. The molecule has 1 amide bonds. The minimum absolute atomic E-state index is 0.0317. The number of carboxylic acids is 1. The highest BCUT2D eigenvalue weighted by Gasteiger charge is 2.20. The van der Waals surface area contributed by atoms with E-state index in [0.717, 1.165) is 0 Å². The Kier molecular flexibility index (Phi) is 10.8. The summed E-state index contributed by atoms with van der Waals surface area (Å²) in [6.45, 7) is 6.55. The average Bonchev–Trinajstić information content (AvgIpc) is 3.25. The molecule has 0 aliphatic heterocycles. The number of fused-ring (bicyclic) bond motifs is 1. The highest BCUT2D eigenvalue weighted by atomic mass is 16.6. The third-order valence-electron chi connectivity index (χ3n) is 5.84. The van der Waals surface area contributed by atoms with Crippen molar-refractivity contribution < 1.29 is 38.7 Å². The molecule has 228 valence electrons. The molecule has 42 heavy (non-hydrogen) atoms. The zero-order valence-electron chi connectivity index (χ0n) is 24.7. The number of hydrogen-bond acceptors (Lipinski definition) is 11. The van der Waals surface area contributed by atoms with E-state index in [1.54, 1.807) is 19.2 Å². The molecule has 0 fully saturated rings. The van der Waals surface area contributed by atoms with Crippen LogP contribution in [0.5, 0.6) is 23.1 Å². The Morgan fingerprint density at radius 1 is 1.14 bits per heavy atom. The number of methoxy groups -OCH3 is 2. The fourth-order valence-corrected chi connectivity index (χ4v) is 3.89. The van der Waals surface area contributed by atoms with Gasteiger partial charge in [-0.1, -0.05) is 0 Å². The van der Waals surface area contributed by atoms with Crippen LogP contribution in [0.3, 0.4) is 0 Å². The number of aliphatic carboxylic acids is 1. The van der Waals surface area contributed by atoms with Crippen LogP contribution in [-0.4, -0.2) is 94.9 Å². The number of anilines is 1. The van der Waals surface area contributed by atoms with E-state index in [0.29, 0.717) is 71.3 Å². The molecule has 0 atom stereocenters. The number of nitrogens with zero attached hydrogens (tertiary/aromatic N) is 4. The zero-order valence-corrected chi connectivity index (χ0v) is 24.7. The molecule has 0 bridgehead atoms. The number of benzene rings is 1. The largest absolute Gasteiger partial charge is 0.494 e. The van der Waals surface area contributed by atoms with Crippen LogP contribution in [-0.2, 0) is 9.53 Å². The monoisotopic (exact) mass is 586 g/mol. The van der Waals surface area contributed by atoms with Crippen molar-refractivity contribution in [1.82, 2.24) is 19.9 Å². The van der Waals surface area contributed by atoms with Gasteiger partial charge in [0.2, 0.25) is 5.75 Å². The average molecular weight is 587 g/mol. The molecular formula is C28H38N6O8. The molecule has 14 nitrogen and oxygen atoms in total. The number of aromatic amines is 1. The van der Waals surface area contributed by atoms with Crippen molar-refractivity contribution in [1.29, 1.82) is 0 Å². The number of rotatable bonds is 14. The second kappa shape index (κ2) is 14.2. The molecular weight excluding hydrogens is 548 g/mol. The van der Waals surface area contributed by atoms with Crippen LogP contribution < -0.4 is 19.5 Å². The number of carbonyl (C=O) groups excluding carboxylic acids is 1. The number of H-pyrrole nitrogens is 1. The predicted octanol–water partition coefficient (Wildman–Crippen LogP) is 4.34. The van der Waals surface area contributed by atoms with E-state index in [4.69, 9.17) is 24.1 Å². The normalized spacial score (nSPS) is 11.5. The summed E-state index contributed by atoms with van der Waals surface area (Å²) in [5.41, 5.74) is 0.633. The first kappa shape index (κ1) is 31.8. The smallest absolute Gasteiger partial charge is 0.410 e. The first-order valence-corrected chi connectivity index (χ1v) is 13.3. The maximum Gasteiger partial charge on any atom is 0.410 e. The SMILES string of the molecule is COc1cc(N=Cc2c(O)[nH]c3ncnc(NCCCN(C)C(=O)OC(C)(C)C)c23)cc(OCCCC(=O)O)c1OC. The summed E-state index contributed by atoms with van der Waals surface area (Å²) < 4.78 is 22.0. The lowest BCUT2D eigenvalue weighted by Crippen LogP contribution is -2.35. The van der Waals surface area contributed by atoms with E-state index in [1.807, 2.05) is 20.8 Å². The van der Waals surface area contributed by atoms with E-state index in [1.165, 1.54) is 31.7 Å². The van der Waals surface area contributed by atoms with E-state index < -0.39 is 17.7 Å². The van der Waals surface area contributed by atoms with Gasteiger partial charge in [-0.25, -0.2) is 14.8 Å². The number of carbonyl (C=O) groups is 2. The Labute approximate surface area is 243 Å².